The van der Waals surface area contributed by atoms with Gasteiger partial charge >= 0.3 is 0 Å². The predicted molar refractivity (Wildman–Crippen MR) is 49.0 cm³/mol. The highest BCUT2D eigenvalue weighted by Gasteiger charge is 2.37. The quantitative estimate of drug-likeness (QED) is 0.759. The first-order chi connectivity index (χ1) is 5.68. The maximum Gasteiger partial charge on any atom is 0.133 e. The summed E-state index contributed by atoms with van der Waals surface area (Å²) in [5.74, 6) is 1.48. The molecule has 0 amide bonds. The van der Waals surface area contributed by atoms with Gasteiger partial charge in [0.2, 0.25) is 0 Å². The van der Waals surface area contributed by atoms with Gasteiger partial charge in [-0.15, -0.1) is 10.2 Å². The Hall–Kier alpha value is -0.480. The zero-order valence-corrected chi connectivity index (χ0v) is 8.14. The van der Waals surface area contributed by atoms with E-state index in [9.17, 15) is 0 Å². The van der Waals surface area contributed by atoms with Crippen LogP contribution >= 0.6 is 11.3 Å². The summed E-state index contributed by atoms with van der Waals surface area (Å²) < 4.78 is 0. The van der Waals surface area contributed by atoms with Crippen molar-refractivity contribution in [1.29, 1.82) is 0 Å². The number of nitrogens with two attached hydrogens (primary N) is 1. The first-order valence-corrected chi connectivity index (χ1v) is 5.09. The summed E-state index contributed by atoms with van der Waals surface area (Å²) in [6.45, 7) is 4.19. The minimum atomic E-state index is 0.0327. The third kappa shape index (κ3) is 1.36. The average Bonchev–Trinajstić information content (AvgIpc) is 2.59. The molecule has 0 aliphatic heterocycles. The molecule has 1 aliphatic rings. The van der Waals surface area contributed by atoms with Crippen molar-refractivity contribution >= 4 is 11.3 Å². The lowest BCUT2D eigenvalue weighted by Gasteiger charge is -1.94. The molecule has 1 fully saturated rings. The Bertz CT molecular complexity index is 282. The maximum atomic E-state index is 5.69. The Labute approximate surface area is 76.0 Å². The molecule has 4 heteroatoms. The standard InChI is InChI=1S/C8H13N3S/c1-4-3-6(4)8-11-10-7(12-8)5(2)9/h4-6H,3,9H2,1-2H3. The van der Waals surface area contributed by atoms with Crippen LogP contribution in [-0.4, -0.2) is 10.2 Å². The molecular formula is C8H13N3S. The highest BCUT2D eigenvalue weighted by Crippen LogP contribution is 2.47. The molecule has 3 unspecified atom stereocenters. The molecule has 2 N–H and O–H groups in total. The summed E-state index contributed by atoms with van der Waals surface area (Å²) in [4.78, 5) is 0. The Morgan fingerprint density at radius 3 is 2.67 bits per heavy atom. The second-order valence-electron chi connectivity index (χ2n) is 3.59. The number of nitrogens with zero attached hydrogens (tertiary/aromatic N) is 2. The van der Waals surface area contributed by atoms with Crippen molar-refractivity contribution in [2.45, 2.75) is 32.2 Å². The Morgan fingerprint density at radius 1 is 1.58 bits per heavy atom. The van der Waals surface area contributed by atoms with E-state index in [1.54, 1.807) is 11.3 Å². The molecule has 12 heavy (non-hydrogen) atoms. The number of aromatic nitrogens is 2. The van der Waals surface area contributed by atoms with Gasteiger partial charge in [0.1, 0.15) is 10.0 Å². The third-order valence-electron chi connectivity index (χ3n) is 2.27. The van der Waals surface area contributed by atoms with Crippen LogP contribution in [-0.2, 0) is 0 Å². The van der Waals surface area contributed by atoms with Gasteiger partial charge in [0, 0.05) is 5.92 Å². The first-order valence-electron chi connectivity index (χ1n) is 4.27. The molecular weight excluding hydrogens is 170 g/mol. The van der Waals surface area contributed by atoms with Crippen LogP contribution in [0.25, 0.3) is 0 Å². The predicted octanol–water partition coefficient (Wildman–Crippen LogP) is 1.68. The van der Waals surface area contributed by atoms with Gasteiger partial charge in [-0.05, 0) is 19.3 Å². The fourth-order valence-electron chi connectivity index (χ4n) is 1.25. The Balaban J connectivity index is 2.14. The SMILES string of the molecule is CC(N)c1nnc(C2CC2C)s1. The lowest BCUT2D eigenvalue weighted by atomic mass is 10.4. The van der Waals surface area contributed by atoms with Crippen LogP contribution in [0.4, 0.5) is 0 Å². The van der Waals surface area contributed by atoms with Crippen LogP contribution in [0.15, 0.2) is 0 Å². The summed E-state index contributed by atoms with van der Waals surface area (Å²) in [5.41, 5.74) is 5.69. The fraction of sp³-hybridized carbons (Fsp3) is 0.750. The van der Waals surface area contributed by atoms with Crippen molar-refractivity contribution in [3.63, 3.8) is 0 Å². The van der Waals surface area contributed by atoms with E-state index < -0.39 is 0 Å². The molecule has 0 saturated heterocycles. The maximum absolute atomic E-state index is 5.69. The van der Waals surface area contributed by atoms with Gasteiger partial charge in [0.25, 0.3) is 0 Å². The summed E-state index contributed by atoms with van der Waals surface area (Å²) >= 11 is 1.67. The summed E-state index contributed by atoms with van der Waals surface area (Å²) in [6.07, 6.45) is 1.27. The molecule has 66 valence electrons. The van der Waals surface area contributed by atoms with Crippen molar-refractivity contribution < 1.29 is 0 Å². The summed E-state index contributed by atoms with van der Waals surface area (Å²) in [6, 6.07) is 0.0327. The zero-order chi connectivity index (χ0) is 8.72. The monoisotopic (exact) mass is 183 g/mol. The topological polar surface area (TPSA) is 51.8 Å². The molecule has 1 aromatic heterocycles. The van der Waals surface area contributed by atoms with Gasteiger partial charge in [0.15, 0.2) is 0 Å². The van der Waals surface area contributed by atoms with Crippen LogP contribution in [0.1, 0.15) is 42.2 Å². The second-order valence-corrected chi connectivity index (χ2v) is 4.63. The zero-order valence-electron chi connectivity index (χ0n) is 7.32. The van der Waals surface area contributed by atoms with E-state index in [4.69, 9.17) is 5.73 Å². The number of hydrogen-bond donors (Lipinski definition) is 1. The van der Waals surface area contributed by atoms with Gasteiger partial charge < -0.3 is 5.73 Å². The van der Waals surface area contributed by atoms with Crippen LogP contribution in [0.5, 0.6) is 0 Å². The Kier molecular flexibility index (Phi) is 1.88. The molecule has 1 saturated carbocycles. The van der Waals surface area contributed by atoms with E-state index in [2.05, 4.69) is 17.1 Å². The van der Waals surface area contributed by atoms with E-state index >= 15 is 0 Å². The van der Waals surface area contributed by atoms with Crippen LogP contribution < -0.4 is 5.73 Å². The van der Waals surface area contributed by atoms with Crippen molar-refractivity contribution in [2.24, 2.45) is 11.7 Å². The minimum Gasteiger partial charge on any atom is -0.322 e. The molecule has 3 atom stereocenters. The third-order valence-corrected chi connectivity index (χ3v) is 3.53. The van der Waals surface area contributed by atoms with Gasteiger partial charge in [-0.25, -0.2) is 0 Å². The summed E-state index contributed by atoms with van der Waals surface area (Å²) in [5, 5.41) is 10.3. The number of hydrogen-bond acceptors (Lipinski definition) is 4. The van der Waals surface area contributed by atoms with Crippen molar-refractivity contribution in [1.82, 2.24) is 10.2 Å². The first kappa shape index (κ1) is 8.13. The van der Waals surface area contributed by atoms with Gasteiger partial charge in [-0.1, -0.05) is 18.3 Å². The van der Waals surface area contributed by atoms with Crippen molar-refractivity contribution in [3.8, 4) is 0 Å². The van der Waals surface area contributed by atoms with E-state index in [1.165, 1.54) is 11.4 Å². The fourth-order valence-corrected chi connectivity index (χ4v) is 2.29. The smallest absolute Gasteiger partial charge is 0.133 e. The minimum absolute atomic E-state index is 0.0327. The highest BCUT2D eigenvalue weighted by atomic mass is 32.1. The molecule has 1 aliphatic carbocycles. The molecule has 1 aromatic rings. The molecule has 1 heterocycles. The molecule has 2 rings (SSSR count). The normalized spacial score (nSPS) is 30.2. The average molecular weight is 183 g/mol. The largest absolute Gasteiger partial charge is 0.322 e. The summed E-state index contributed by atoms with van der Waals surface area (Å²) in [7, 11) is 0. The Morgan fingerprint density at radius 2 is 2.25 bits per heavy atom. The highest BCUT2D eigenvalue weighted by molar-refractivity contribution is 7.11. The van der Waals surface area contributed by atoms with E-state index in [1.807, 2.05) is 6.92 Å². The van der Waals surface area contributed by atoms with E-state index in [-0.39, 0.29) is 6.04 Å². The van der Waals surface area contributed by atoms with Crippen molar-refractivity contribution in [3.05, 3.63) is 10.0 Å². The molecule has 0 bridgehead atoms. The van der Waals surface area contributed by atoms with E-state index in [0.29, 0.717) is 5.92 Å². The van der Waals surface area contributed by atoms with E-state index in [0.717, 1.165) is 10.9 Å². The lowest BCUT2D eigenvalue weighted by molar-refractivity contribution is 0.779. The van der Waals surface area contributed by atoms with Gasteiger partial charge in [-0.2, -0.15) is 0 Å². The van der Waals surface area contributed by atoms with Gasteiger partial charge in [-0.3, -0.25) is 0 Å². The van der Waals surface area contributed by atoms with Crippen LogP contribution in [0.2, 0.25) is 0 Å². The molecule has 0 radical (unpaired) electrons. The molecule has 3 nitrogen and oxygen atoms in total. The van der Waals surface area contributed by atoms with Crippen LogP contribution in [0, 0.1) is 5.92 Å². The van der Waals surface area contributed by atoms with Crippen molar-refractivity contribution in [2.75, 3.05) is 0 Å². The molecule has 0 aromatic carbocycles. The number of rotatable bonds is 2. The lowest BCUT2D eigenvalue weighted by Crippen LogP contribution is -2.03. The molecule has 0 spiro atoms. The second kappa shape index (κ2) is 2.78. The van der Waals surface area contributed by atoms with Crippen LogP contribution in [0.3, 0.4) is 0 Å². The van der Waals surface area contributed by atoms with Gasteiger partial charge in [0.05, 0.1) is 6.04 Å².